The van der Waals surface area contributed by atoms with E-state index in [2.05, 4.69) is 48.1 Å². The smallest absolute Gasteiger partial charge is 0.166 e. The van der Waals surface area contributed by atoms with Crippen LogP contribution < -0.4 is 0 Å². The van der Waals surface area contributed by atoms with E-state index < -0.39 is 0 Å². The van der Waals surface area contributed by atoms with Crippen LogP contribution >= 0.6 is 11.8 Å². The lowest BCUT2D eigenvalue weighted by molar-refractivity contribution is 1.08. The Balaban J connectivity index is 1.80. The van der Waals surface area contributed by atoms with Crippen LogP contribution in [-0.4, -0.2) is 9.97 Å². The molecular weight excluding hydrogens is 252 g/mol. The molecule has 0 saturated heterocycles. The predicted molar refractivity (Wildman–Crippen MR) is 81.6 cm³/mol. The first-order valence-corrected chi connectivity index (χ1v) is 7.34. The minimum Gasteiger partial charge on any atom is -0.333 e. The third-order valence-electron chi connectivity index (χ3n) is 3.24. The zero-order valence-electron chi connectivity index (χ0n) is 11.1. The van der Waals surface area contributed by atoms with Gasteiger partial charge >= 0.3 is 0 Å². The molecule has 3 aromatic rings. The number of aromatic nitrogens is 2. The minimum absolute atomic E-state index is 0.952. The Kier molecular flexibility index (Phi) is 3.30. The summed E-state index contributed by atoms with van der Waals surface area (Å²) < 4.78 is 0. The lowest BCUT2D eigenvalue weighted by Gasteiger charge is -2.05. The largest absolute Gasteiger partial charge is 0.333 e. The van der Waals surface area contributed by atoms with Crippen LogP contribution in [0, 0.1) is 13.8 Å². The molecule has 96 valence electrons. The fraction of sp³-hybridized carbons (Fsp3) is 0.188. The number of benzene rings is 2. The number of aromatic amines is 1. The van der Waals surface area contributed by atoms with Crippen molar-refractivity contribution >= 4 is 22.8 Å². The maximum atomic E-state index is 4.59. The highest BCUT2D eigenvalue weighted by Crippen LogP contribution is 2.24. The number of hydrogen-bond donors (Lipinski definition) is 1. The summed E-state index contributed by atoms with van der Waals surface area (Å²) in [5.74, 6) is 0.952. The number of H-pyrrole nitrogens is 1. The van der Waals surface area contributed by atoms with E-state index in [-0.39, 0.29) is 0 Å². The van der Waals surface area contributed by atoms with Crippen LogP contribution in [0.25, 0.3) is 11.0 Å². The first-order chi connectivity index (χ1) is 9.22. The van der Waals surface area contributed by atoms with Gasteiger partial charge in [0.1, 0.15) is 0 Å². The number of nitrogens with one attached hydrogen (secondary N) is 1. The van der Waals surface area contributed by atoms with E-state index in [1.54, 1.807) is 11.8 Å². The predicted octanol–water partition coefficient (Wildman–Crippen LogP) is 4.47. The van der Waals surface area contributed by atoms with Gasteiger partial charge in [0.2, 0.25) is 0 Å². The summed E-state index contributed by atoms with van der Waals surface area (Å²) in [6.45, 7) is 4.29. The topological polar surface area (TPSA) is 28.7 Å². The Hall–Kier alpha value is -1.74. The lowest BCUT2D eigenvalue weighted by atomic mass is 10.1. The first kappa shape index (κ1) is 12.3. The lowest BCUT2D eigenvalue weighted by Crippen LogP contribution is -1.88. The summed E-state index contributed by atoms with van der Waals surface area (Å²) in [6.07, 6.45) is 0. The molecule has 0 amide bonds. The number of thioether (sulfide) groups is 1. The third kappa shape index (κ3) is 2.66. The van der Waals surface area contributed by atoms with Crippen molar-refractivity contribution in [3.8, 4) is 0 Å². The van der Waals surface area contributed by atoms with Gasteiger partial charge in [-0.05, 0) is 37.1 Å². The molecule has 0 aliphatic carbocycles. The molecule has 1 heterocycles. The fourth-order valence-electron chi connectivity index (χ4n) is 2.10. The van der Waals surface area contributed by atoms with E-state index in [9.17, 15) is 0 Å². The first-order valence-electron chi connectivity index (χ1n) is 6.36. The number of nitrogens with zero attached hydrogens (tertiary/aromatic N) is 1. The van der Waals surface area contributed by atoms with Gasteiger partial charge in [-0.2, -0.15) is 0 Å². The zero-order chi connectivity index (χ0) is 13.2. The number of imidazole rings is 1. The van der Waals surface area contributed by atoms with Crippen LogP contribution in [-0.2, 0) is 5.75 Å². The zero-order valence-corrected chi connectivity index (χ0v) is 11.9. The van der Waals surface area contributed by atoms with Gasteiger partial charge in [-0.25, -0.2) is 4.98 Å². The fourth-order valence-corrected chi connectivity index (χ4v) is 3.05. The molecule has 1 aromatic heterocycles. The molecule has 0 aliphatic rings. The van der Waals surface area contributed by atoms with Crippen LogP contribution in [0.4, 0.5) is 0 Å². The number of para-hydroxylation sites is 2. The highest BCUT2D eigenvalue weighted by molar-refractivity contribution is 7.98. The molecule has 19 heavy (non-hydrogen) atoms. The summed E-state index contributed by atoms with van der Waals surface area (Å²) in [6, 6.07) is 14.7. The molecule has 0 bridgehead atoms. The van der Waals surface area contributed by atoms with E-state index in [1.165, 1.54) is 16.7 Å². The molecule has 2 aromatic carbocycles. The van der Waals surface area contributed by atoms with Crippen LogP contribution in [0.1, 0.15) is 16.7 Å². The quantitative estimate of drug-likeness (QED) is 0.710. The molecular formula is C16H16N2S. The highest BCUT2D eigenvalue weighted by Gasteiger charge is 2.04. The highest BCUT2D eigenvalue weighted by atomic mass is 32.2. The van der Waals surface area contributed by atoms with E-state index >= 15 is 0 Å². The van der Waals surface area contributed by atoms with Gasteiger partial charge in [-0.3, -0.25) is 0 Å². The maximum Gasteiger partial charge on any atom is 0.166 e. The minimum atomic E-state index is 0.952. The van der Waals surface area contributed by atoms with Crippen molar-refractivity contribution in [1.29, 1.82) is 0 Å². The van der Waals surface area contributed by atoms with Gasteiger partial charge in [0.15, 0.2) is 5.16 Å². The van der Waals surface area contributed by atoms with Crippen molar-refractivity contribution in [2.75, 3.05) is 0 Å². The molecule has 0 unspecified atom stereocenters. The third-order valence-corrected chi connectivity index (χ3v) is 4.16. The number of hydrogen-bond acceptors (Lipinski definition) is 2. The monoisotopic (exact) mass is 268 g/mol. The summed E-state index contributed by atoms with van der Waals surface area (Å²) in [7, 11) is 0. The average Bonchev–Trinajstić information content (AvgIpc) is 2.82. The second-order valence-corrected chi connectivity index (χ2v) is 5.74. The number of rotatable bonds is 3. The molecule has 0 fully saturated rings. The van der Waals surface area contributed by atoms with Gasteiger partial charge in [0, 0.05) is 5.75 Å². The van der Waals surface area contributed by atoms with Crippen LogP contribution in [0.15, 0.2) is 47.6 Å². The van der Waals surface area contributed by atoms with Crippen LogP contribution in [0.5, 0.6) is 0 Å². The van der Waals surface area contributed by atoms with Gasteiger partial charge in [0.25, 0.3) is 0 Å². The van der Waals surface area contributed by atoms with Crippen molar-refractivity contribution < 1.29 is 0 Å². The van der Waals surface area contributed by atoms with Crippen molar-refractivity contribution in [3.05, 3.63) is 59.2 Å². The molecule has 0 saturated carbocycles. The van der Waals surface area contributed by atoms with Crippen LogP contribution in [0.2, 0.25) is 0 Å². The number of fused-ring (bicyclic) bond motifs is 1. The maximum absolute atomic E-state index is 4.59. The Morgan fingerprint density at radius 3 is 2.79 bits per heavy atom. The Morgan fingerprint density at radius 1 is 1.11 bits per heavy atom. The van der Waals surface area contributed by atoms with Crippen molar-refractivity contribution in [1.82, 2.24) is 9.97 Å². The van der Waals surface area contributed by atoms with Crippen molar-refractivity contribution in [2.24, 2.45) is 0 Å². The Morgan fingerprint density at radius 2 is 1.95 bits per heavy atom. The molecule has 0 spiro atoms. The molecule has 2 nitrogen and oxygen atoms in total. The standard InChI is InChI=1S/C16H16N2S/c1-11-7-8-12(2)13(9-11)10-19-16-17-14-5-3-4-6-15(14)18-16/h3-9H,10H2,1-2H3,(H,17,18). The second-order valence-electron chi connectivity index (χ2n) is 4.78. The van der Waals surface area contributed by atoms with Gasteiger partial charge in [-0.15, -0.1) is 0 Å². The molecule has 0 aliphatic heterocycles. The summed E-state index contributed by atoms with van der Waals surface area (Å²) in [4.78, 5) is 7.94. The molecule has 0 radical (unpaired) electrons. The van der Waals surface area contributed by atoms with E-state index in [0.29, 0.717) is 0 Å². The van der Waals surface area contributed by atoms with Gasteiger partial charge in [0.05, 0.1) is 11.0 Å². The second kappa shape index (κ2) is 5.10. The van der Waals surface area contributed by atoms with Gasteiger partial charge < -0.3 is 4.98 Å². The summed E-state index contributed by atoms with van der Waals surface area (Å²) >= 11 is 1.76. The SMILES string of the molecule is Cc1ccc(C)c(CSc2nc3ccccc3[nH]2)c1. The van der Waals surface area contributed by atoms with Crippen LogP contribution in [0.3, 0.4) is 0 Å². The van der Waals surface area contributed by atoms with Crippen molar-refractivity contribution in [3.63, 3.8) is 0 Å². The Bertz CT molecular complexity index is 683. The normalized spacial score (nSPS) is 11.1. The van der Waals surface area contributed by atoms with E-state index in [0.717, 1.165) is 21.9 Å². The molecule has 1 N–H and O–H groups in total. The molecule has 0 atom stereocenters. The molecule has 3 rings (SSSR count). The average molecular weight is 268 g/mol. The van der Waals surface area contributed by atoms with E-state index in [4.69, 9.17) is 0 Å². The van der Waals surface area contributed by atoms with E-state index in [1.807, 2.05) is 18.2 Å². The van der Waals surface area contributed by atoms with Crippen molar-refractivity contribution in [2.45, 2.75) is 24.8 Å². The Labute approximate surface area is 117 Å². The molecule has 3 heteroatoms. The number of aryl methyl sites for hydroxylation is 2. The summed E-state index contributed by atoms with van der Waals surface area (Å²) in [5, 5.41) is 0.988. The van der Waals surface area contributed by atoms with Gasteiger partial charge in [-0.1, -0.05) is 47.7 Å². The summed E-state index contributed by atoms with van der Waals surface area (Å²) in [5.41, 5.74) is 6.17.